The van der Waals surface area contributed by atoms with Gasteiger partial charge < -0.3 is 19.9 Å². The van der Waals surface area contributed by atoms with Crippen molar-refractivity contribution in [2.24, 2.45) is 0 Å². The Morgan fingerprint density at radius 2 is 1.83 bits per heavy atom. The molecule has 0 bridgehead atoms. The predicted octanol–water partition coefficient (Wildman–Crippen LogP) is 6.92. The molecule has 0 aliphatic carbocycles. The molecular weight excluding hydrogens is 455 g/mol. The number of H-pyrrole nitrogens is 1. The molecule has 3 heterocycles. The maximum absolute atomic E-state index is 13.4. The smallest absolute Gasteiger partial charge is 0.161 e. The van der Waals surface area contributed by atoms with E-state index in [1.165, 1.54) is 12.1 Å². The number of hydrogen-bond acceptors (Lipinski definition) is 6. The van der Waals surface area contributed by atoms with Crippen molar-refractivity contribution in [3.8, 4) is 11.4 Å². The number of aromatic amines is 1. The summed E-state index contributed by atoms with van der Waals surface area (Å²) in [5.41, 5.74) is 4.52. The van der Waals surface area contributed by atoms with E-state index in [2.05, 4.69) is 45.9 Å². The number of hydrogen-bond donors (Lipinski definition) is 2. The highest BCUT2D eigenvalue weighted by atomic mass is 19.1. The van der Waals surface area contributed by atoms with Gasteiger partial charge in [0, 0.05) is 49.4 Å². The van der Waals surface area contributed by atoms with Gasteiger partial charge in [0.05, 0.1) is 23.4 Å². The third kappa shape index (κ3) is 6.18. The molecule has 0 radical (unpaired) electrons. The maximum Gasteiger partial charge on any atom is 0.161 e. The summed E-state index contributed by atoms with van der Waals surface area (Å²) < 4.78 is 19.0. The average Bonchev–Trinajstić information content (AvgIpc) is 3.33. The molecule has 4 aromatic rings. The molecule has 0 amide bonds. The van der Waals surface area contributed by atoms with Crippen LogP contribution in [0.25, 0.3) is 22.4 Å². The number of likely N-dealkylation sites (N-methyl/N-ethyl adjacent to an activating group) is 1. The predicted molar refractivity (Wildman–Crippen MR) is 147 cm³/mol. The first kappa shape index (κ1) is 27.1. The van der Waals surface area contributed by atoms with E-state index in [-0.39, 0.29) is 11.7 Å². The molecule has 36 heavy (non-hydrogen) atoms. The molecule has 0 fully saturated rings. The van der Waals surface area contributed by atoms with E-state index in [1.807, 2.05) is 39.2 Å². The van der Waals surface area contributed by atoms with E-state index in [9.17, 15) is 4.39 Å². The number of benzene rings is 1. The minimum Gasteiger partial charge on any atom is -0.380 e. The van der Waals surface area contributed by atoms with Crippen molar-refractivity contribution in [2.45, 2.75) is 47.5 Å². The van der Waals surface area contributed by atoms with Crippen LogP contribution < -0.4 is 10.2 Å². The molecule has 0 unspecified atom stereocenters. The lowest BCUT2D eigenvalue weighted by atomic mass is 10.1. The molecule has 2 N–H and O–H groups in total. The first-order valence-electron chi connectivity index (χ1n) is 12.7. The summed E-state index contributed by atoms with van der Waals surface area (Å²) in [6, 6.07) is 8.18. The molecule has 0 aliphatic rings. The molecule has 0 saturated heterocycles. The van der Waals surface area contributed by atoms with Crippen LogP contribution in [0.5, 0.6) is 0 Å². The van der Waals surface area contributed by atoms with Crippen LogP contribution in [0.2, 0.25) is 0 Å². The largest absolute Gasteiger partial charge is 0.380 e. The van der Waals surface area contributed by atoms with Crippen molar-refractivity contribution in [1.29, 1.82) is 0 Å². The summed E-state index contributed by atoms with van der Waals surface area (Å²) in [5, 5.41) is 4.55. The maximum atomic E-state index is 13.4. The van der Waals surface area contributed by atoms with Gasteiger partial charge in [-0.1, -0.05) is 27.7 Å². The van der Waals surface area contributed by atoms with E-state index < -0.39 is 0 Å². The lowest BCUT2D eigenvalue weighted by Gasteiger charge is -2.23. The summed E-state index contributed by atoms with van der Waals surface area (Å²) in [7, 11) is 0. The first-order valence-corrected chi connectivity index (χ1v) is 12.7. The van der Waals surface area contributed by atoms with Gasteiger partial charge >= 0.3 is 0 Å². The van der Waals surface area contributed by atoms with Crippen LogP contribution in [0.15, 0.2) is 48.9 Å². The van der Waals surface area contributed by atoms with Crippen LogP contribution in [-0.2, 0) is 4.74 Å². The Labute approximate surface area is 213 Å². The normalized spacial score (nSPS) is 10.9. The lowest BCUT2D eigenvalue weighted by Crippen LogP contribution is -2.27. The quantitative estimate of drug-likeness (QED) is 0.234. The summed E-state index contributed by atoms with van der Waals surface area (Å²) in [6.45, 7) is 15.3. The molecule has 192 valence electrons. The molecule has 1 aromatic carbocycles. The van der Waals surface area contributed by atoms with Crippen molar-refractivity contribution in [2.75, 3.05) is 36.5 Å². The van der Waals surface area contributed by atoms with Crippen molar-refractivity contribution >= 4 is 28.2 Å². The van der Waals surface area contributed by atoms with Gasteiger partial charge in [-0.25, -0.2) is 19.3 Å². The van der Waals surface area contributed by atoms with Crippen molar-refractivity contribution < 1.29 is 9.13 Å². The van der Waals surface area contributed by atoms with Gasteiger partial charge in [-0.15, -0.1) is 0 Å². The number of ether oxygens (including phenoxy) is 1. The molecule has 0 aliphatic heterocycles. The second kappa shape index (κ2) is 13.0. The molecule has 0 spiro atoms. The third-order valence-electron chi connectivity index (χ3n) is 5.78. The highest BCUT2D eigenvalue weighted by molar-refractivity contribution is 6.01. The van der Waals surface area contributed by atoms with Crippen molar-refractivity contribution in [3.05, 3.63) is 60.3 Å². The standard InChI is InChI=1S/C26H31FN6O.C2H6/c1-5-33(13-14-34-6-2)22-16-30-26-23(22)21(11-12-28-26)31-25-20(17(3)4)15-29-24(32-25)18-7-9-19(27)10-8-18;1-2/h7-12,15-17H,5-6,13-14H2,1-4H3,(H2,28,29,30,31,32);1-2H3. The summed E-state index contributed by atoms with van der Waals surface area (Å²) in [6.07, 6.45) is 5.61. The SMILES string of the molecule is CC.CCOCCN(CC)c1c[nH]c2nccc(Nc3nc(-c4ccc(F)cc4)ncc3C(C)C)c12. The second-order valence-corrected chi connectivity index (χ2v) is 8.32. The number of nitrogens with zero attached hydrogens (tertiary/aromatic N) is 4. The van der Waals surface area contributed by atoms with Crippen LogP contribution in [-0.4, -0.2) is 46.2 Å². The first-order chi connectivity index (χ1) is 17.5. The van der Waals surface area contributed by atoms with Gasteiger partial charge in [-0.3, -0.25) is 0 Å². The molecule has 7 nitrogen and oxygen atoms in total. The number of fused-ring (bicyclic) bond motifs is 1. The molecule has 3 aromatic heterocycles. The van der Waals surface area contributed by atoms with Crippen molar-refractivity contribution in [1.82, 2.24) is 19.9 Å². The van der Waals surface area contributed by atoms with Crippen LogP contribution >= 0.6 is 0 Å². The monoisotopic (exact) mass is 492 g/mol. The van der Waals surface area contributed by atoms with Gasteiger partial charge in [0.1, 0.15) is 17.3 Å². The number of rotatable bonds is 10. The average molecular weight is 493 g/mol. The summed E-state index contributed by atoms with van der Waals surface area (Å²) in [4.78, 5) is 19.5. The van der Waals surface area contributed by atoms with Gasteiger partial charge in [0.15, 0.2) is 5.82 Å². The summed E-state index contributed by atoms with van der Waals surface area (Å²) in [5.74, 6) is 1.19. The number of anilines is 3. The molecule has 0 saturated carbocycles. The number of aromatic nitrogens is 4. The zero-order valence-corrected chi connectivity index (χ0v) is 22.1. The Balaban J connectivity index is 0.00000176. The molecular formula is C28H37FN6O. The number of nitrogens with one attached hydrogen (secondary N) is 2. The number of pyridine rings is 1. The highest BCUT2D eigenvalue weighted by Crippen LogP contribution is 2.35. The van der Waals surface area contributed by atoms with E-state index in [0.29, 0.717) is 19.0 Å². The minimum atomic E-state index is -0.287. The van der Waals surface area contributed by atoms with Gasteiger partial charge in [0.25, 0.3) is 0 Å². The fourth-order valence-electron chi connectivity index (χ4n) is 3.94. The van der Waals surface area contributed by atoms with Gasteiger partial charge in [-0.2, -0.15) is 0 Å². The van der Waals surface area contributed by atoms with E-state index >= 15 is 0 Å². The Kier molecular flexibility index (Phi) is 9.76. The highest BCUT2D eigenvalue weighted by Gasteiger charge is 2.18. The Morgan fingerprint density at radius 3 is 2.50 bits per heavy atom. The minimum absolute atomic E-state index is 0.214. The molecule has 0 atom stereocenters. The second-order valence-electron chi connectivity index (χ2n) is 8.32. The molecule has 8 heteroatoms. The Bertz CT molecular complexity index is 1240. The fourth-order valence-corrected chi connectivity index (χ4v) is 3.94. The fraction of sp³-hybridized carbons (Fsp3) is 0.393. The van der Waals surface area contributed by atoms with Crippen LogP contribution in [0.1, 0.15) is 53.0 Å². The Hall–Kier alpha value is -3.52. The topological polar surface area (TPSA) is 79.0 Å². The number of halogens is 1. The van der Waals surface area contributed by atoms with Gasteiger partial charge in [-0.05, 0) is 50.1 Å². The summed E-state index contributed by atoms with van der Waals surface area (Å²) >= 11 is 0. The third-order valence-corrected chi connectivity index (χ3v) is 5.78. The van der Waals surface area contributed by atoms with Gasteiger partial charge in [0.2, 0.25) is 0 Å². The van der Waals surface area contributed by atoms with Crippen LogP contribution in [0.4, 0.5) is 21.6 Å². The zero-order chi connectivity index (χ0) is 26.1. The van der Waals surface area contributed by atoms with Crippen LogP contribution in [0.3, 0.4) is 0 Å². The van der Waals surface area contributed by atoms with E-state index in [4.69, 9.17) is 9.72 Å². The molecule has 4 rings (SSSR count). The van der Waals surface area contributed by atoms with E-state index in [1.54, 1.807) is 18.3 Å². The van der Waals surface area contributed by atoms with Crippen LogP contribution in [0, 0.1) is 5.82 Å². The van der Waals surface area contributed by atoms with Crippen molar-refractivity contribution in [3.63, 3.8) is 0 Å². The zero-order valence-electron chi connectivity index (χ0n) is 22.1. The Morgan fingerprint density at radius 1 is 1.08 bits per heavy atom. The lowest BCUT2D eigenvalue weighted by molar-refractivity contribution is 0.154. The van der Waals surface area contributed by atoms with E-state index in [0.717, 1.165) is 52.4 Å².